The largest absolute Gasteiger partial charge is 0.309 e. The Bertz CT molecular complexity index is 161. The molecule has 0 aromatic carbocycles. The van der Waals surface area contributed by atoms with Crippen molar-refractivity contribution in [2.75, 3.05) is 0 Å². The third-order valence-corrected chi connectivity index (χ3v) is 3.42. The van der Waals surface area contributed by atoms with Gasteiger partial charge in [0.05, 0.1) is 0 Å². The zero-order valence-corrected chi connectivity index (χ0v) is 10.3. The lowest BCUT2D eigenvalue weighted by Crippen LogP contribution is -2.44. The molecule has 1 aliphatic rings. The molecule has 0 aromatic rings. The first-order valence-corrected chi connectivity index (χ1v) is 6.64. The highest BCUT2D eigenvalue weighted by molar-refractivity contribution is 4.82. The van der Waals surface area contributed by atoms with Gasteiger partial charge in [-0.1, -0.05) is 39.0 Å². The summed E-state index contributed by atoms with van der Waals surface area (Å²) in [4.78, 5) is 0. The molecule has 1 unspecified atom stereocenters. The maximum absolute atomic E-state index is 13.5. The van der Waals surface area contributed by atoms with Crippen LogP contribution in [0.3, 0.4) is 0 Å². The molecule has 3 atom stereocenters. The lowest BCUT2D eigenvalue weighted by atomic mass is 9.93. The first-order valence-electron chi connectivity index (χ1n) is 6.64. The molecule has 0 radical (unpaired) electrons. The van der Waals surface area contributed by atoms with Gasteiger partial charge in [0.1, 0.15) is 6.17 Å². The van der Waals surface area contributed by atoms with Gasteiger partial charge in [-0.05, 0) is 26.2 Å². The van der Waals surface area contributed by atoms with Crippen LogP contribution in [0.5, 0.6) is 0 Å². The predicted molar refractivity (Wildman–Crippen MR) is 63.9 cm³/mol. The molecule has 0 heterocycles. The van der Waals surface area contributed by atoms with Gasteiger partial charge in [-0.15, -0.1) is 0 Å². The minimum Gasteiger partial charge on any atom is -0.309 e. The van der Waals surface area contributed by atoms with Gasteiger partial charge in [-0.25, -0.2) is 4.39 Å². The Balaban J connectivity index is 2.15. The van der Waals surface area contributed by atoms with E-state index in [0.717, 1.165) is 19.3 Å². The summed E-state index contributed by atoms with van der Waals surface area (Å²) < 4.78 is 13.5. The molecule has 1 nitrogen and oxygen atoms in total. The van der Waals surface area contributed by atoms with Gasteiger partial charge >= 0.3 is 0 Å². The Labute approximate surface area is 93.8 Å². The zero-order chi connectivity index (χ0) is 11.1. The molecule has 90 valence electrons. The van der Waals surface area contributed by atoms with Crippen LogP contribution in [0.2, 0.25) is 0 Å². The van der Waals surface area contributed by atoms with Crippen LogP contribution < -0.4 is 5.32 Å². The highest BCUT2D eigenvalue weighted by Gasteiger charge is 2.25. The van der Waals surface area contributed by atoms with Crippen LogP contribution >= 0.6 is 0 Å². The molecule has 0 saturated heterocycles. The summed E-state index contributed by atoms with van der Waals surface area (Å²) in [5.41, 5.74) is 0. The van der Waals surface area contributed by atoms with Crippen molar-refractivity contribution < 1.29 is 4.39 Å². The van der Waals surface area contributed by atoms with Crippen molar-refractivity contribution in [3.63, 3.8) is 0 Å². The lowest BCUT2D eigenvalue weighted by molar-refractivity contribution is 0.177. The predicted octanol–water partition coefficient (Wildman–Crippen LogP) is 3.83. The maximum Gasteiger partial charge on any atom is 0.115 e. The van der Waals surface area contributed by atoms with E-state index in [1.54, 1.807) is 0 Å². The van der Waals surface area contributed by atoms with Crippen LogP contribution in [-0.2, 0) is 0 Å². The first kappa shape index (κ1) is 13.0. The molecule has 1 rings (SSSR count). The van der Waals surface area contributed by atoms with Gasteiger partial charge in [0.15, 0.2) is 0 Å². The van der Waals surface area contributed by atoms with E-state index in [2.05, 4.69) is 19.2 Å². The van der Waals surface area contributed by atoms with Gasteiger partial charge in [0, 0.05) is 12.1 Å². The third kappa shape index (κ3) is 4.96. The number of rotatable bonds is 6. The van der Waals surface area contributed by atoms with E-state index in [9.17, 15) is 4.39 Å². The smallest absolute Gasteiger partial charge is 0.115 e. The van der Waals surface area contributed by atoms with Gasteiger partial charge in [-0.3, -0.25) is 0 Å². The van der Waals surface area contributed by atoms with Crippen molar-refractivity contribution in [3.8, 4) is 0 Å². The fourth-order valence-corrected chi connectivity index (χ4v) is 2.42. The Morgan fingerprint density at radius 3 is 2.67 bits per heavy atom. The second kappa shape index (κ2) is 7.21. The van der Waals surface area contributed by atoms with Crippen LogP contribution in [0.25, 0.3) is 0 Å². The van der Waals surface area contributed by atoms with Crippen molar-refractivity contribution in [3.05, 3.63) is 0 Å². The molecular formula is C13H26FN. The van der Waals surface area contributed by atoms with Gasteiger partial charge < -0.3 is 5.32 Å². The second-order valence-corrected chi connectivity index (χ2v) is 4.97. The second-order valence-electron chi connectivity index (χ2n) is 4.97. The standard InChI is InChI=1S/C13H26FN/c1-3-4-5-8-11(2)15-13-10-7-6-9-12(13)14/h11-13,15H,3-10H2,1-2H3/t11?,12-,13-/m1/s1. The van der Waals surface area contributed by atoms with E-state index in [1.807, 2.05) is 0 Å². The molecule has 15 heavy (non-hydrogen) atoms. The number of alkyl halides is 1. The van der Waals surface area contributed by atoms with E-state index < -0.39 is 6.17 Å². The highest BCUT2D eigenvalue weighted by atomic mass is 19.1. The summed E-state index contributed by atoms with van der Waals surface area (Å²) in [6, 6.07) is 0.619. The minimum absolute atomic E-state index is 0.135. The normalized spacial score (nSPS) is 29.0. The summed E-state index contributed by atoms with van der Waals surface area (Å²) in [6.07, 6.45) is 8.48. The number of unbranched alkanes of at least 4 members (excludes halogenated alkanes) is 2. The third-order valence-electron chi connectivity index (χ3n) is 3.42. The summed E-state index contributed by atoms with van der Waals surface area (Å²) in [5, 5.41) is 3.45. The van der Waals surface area contributed by atoms with Crippen molar-refractivity contribution in [1.82, 2.24) is 5.32 Å². The van der Waals surface area contributed by atoms with Crippen LogP contribution in [0.15, 0.2) is 0 Å². The van der Waals surface area contributed by atoms with Crippen molar-refractivity contribution in [1.29, 1.82) is 0 Å². The zero-order valence-electron chi connectivity index (χ0n) is 10.3. The first-order chi connectivity index (χ1) is 7.24. The number of hydrogen-bond donors (Lipinski definition) is 1. The van der Waals surface area contributed by atoms with Crippen LogP contribution in [-0.4, -0.2) is 18.3 Å². The van der Waals surface area contributed by atoms with E-state index in [0.29, 0.717) is 6.04 Å². The van der Waals surface area contributed by atoms with E-state index in [4.69, 9.17) is 0 Å². The Morgan fingerprint density at radius 2 is 2.00 bits per heavy atom. The molecule has 0 spiro atoms. The molecule has 0 aliphatic heterocycles. The quantitative estimate of drug-likeness (QED) is 0.664. The fourth-order valence-electron chi connectivity index (χ4n) is 2.42. The van der Waals surface area contributed by atoms with Crippen molar-refractivity contribution >= 4 is 0 Å². The number of hydrogen-bond acceptors (Lipinski definition) is 1. The topological polar surface area (TPSA) is 12.0 Å². The molecule has 1 fully saturated rings. The number of halogens is 1. The van der Waals surface area contributed by atoms with Gasteiger partial charge in [-0.2, -0.15) is 0 Å². The van der Waals surface area contributed by atoms with Crippen LogP contribution in [0, 0.1) is 0 Å². The molecule has 1 saturated carbocycles. The highest BCUT2D eigenvalue weighted by Crippen LogP contribution is 2.22. The molecule has 0 amide bonds. The van der Waals surface area contributed by atoms with Gasteiger partial charge in [0.25, 0.3) is 0 Å². The summed E-state index contributed by atoms with van der Waals surface area (Å²) in [7, 11) is 0. The summed E-state index contributed by atoms with van der Waals surface area (Å²) in [6.45, 7) is 4.41. The van der Waals surface area contributed by atoms with Gasteiger partial charge in [0.2, 0.25) is 0 Å². The Kier molecular flexibility index (Phi) is 6.23. The molecule has 0 aromatic heterocycles. The maximum atomic E-state index is 13.5. The minimum atomic E-state index is -0.604. The SMILES string of the molecule is CCCCCC(C)N[C@@H]1CCCC[C@H]1F. The summed E-state index contributed by atoms with van der Waals surface area (Å²) in [5.74, 6) is 0. The molecule has 1 aliphatic carbocycles. The average Bonchev–Trinajstić information content (AvgIpc) is 2.22. The Morgan fingerprint density at radius 1 is 1.27 bits per heavy atom. The van der Waals surface area contributed by atoms with E-state index >= 15 is 0 Å². The molecule has 1 N–H and O–H groups in total. The van der Waals surface area contributed by atoms with Crippen molar-refractivity contribution in [2.24, 2.45) is 0 Å². The Hall–Kier alpha value is -0.110. The lowest BCUT2D eigenvalue weighted by Gasteiger charge is -2.29. The van der Waals surface area contributed by atoms with E-state index in [1.165, 1.54) is 32.1 Å². The summed E-state index contributed by atoms with van der Waals surface area (Å²) >= 11 is 0. The molecular weight excluding hydrogens is 189 g/mol. The average molecular weight is 215 g/mol. The van der Waals surface area contributed by atoms with Crippen LogP contribution in [0.4, 0.5) is 4.39 Å². The monoisotopic (exact) mass is 215 g/mol. The van der Waals surface area contributed by atoms with E-state index in [-0.39, 0.29) is 6.04 Å². The van der Waals surface area contributed by atoms with Crippen LogP contribution in [0.1, 0.15) is 65.2 Å². The molecule has 0 bridgehead atoms. The van der Waals surface area contributed by atoms with Crippen molar-refractivity contribution in [2.45, 2.75) is 83.5 Å². The number of nitrogens with one attached hydrogen (secondary N) is 1. The molecule has 2 heteroatoms. The fraction of sp³-hybridized carbons (Fsp3) is 1.00.